The number of methoxy groups -OCH3 is 1. The summed E-state index contributed by atoms with van der Waals surface area (Å²) in [7, 11) is 1.39. The molecule has 0 amide bonds. The van der Waals surface area contributed by atoms with E-state index in [1.165, 1.54) is 25.3 Å². The monoisotopic (exact) mass is 279 g/mol. The van der Waals surface area contributed by atoms with Crippen molar-refractivity contribution in [3.8, 4) is 17.6 Å². The number of allylic oxidation sites excluding steroid dienone is 1. The first-order valence-corrected chi connectivity index (χ1v) is 6.01. The molecule has 5 heteroatoms. The van der Waals surface area contributed by atoms with E-state index in [1.54, 1.807) is 13.8 Å². The molecule has 1 aromatic rings. The zero-order valence-corrected chi connectivity index (χ0v) is 11.7. The highest BCUT2D eigenvalue weighted by Gasteiger charge is 2.14. The number of hydrogen-bond donors (Lipinski definition) is 1. The third kappa shape index (κ3) is 3.49. The number of nitriles is 1. The lowest BCUT2D eigenvalue weighted by molar-refractivity contribution is -0.117. The highest BCUT2D eigenvalue weighted by Crippen LogP contribution is 2.35. The Hall–Kier alpha value is -1.99. The number of hydrogen-bond acceptors (Lipinski definition) is 4. The van der Waals surface area contributed by atoms with E-state index in [-0.39, 0.29) is 33.8 Å². The number of rotatable bonds is 4. The molecule has 1 rings (SSSR count). The second-order valence-corrected chi connectivity index (χ2v) is 4.65. The van der Waals surface area contributed by atoms with Crippen LogP contribution in [0, 0.1) is 17.2 Å². The number of aromatic hydroxyl groups is 1. The fourth-order valence-electron chi connectivity index (χ4n) is 1.47. The molecule has 0 saturated heterocycles. The van der Waals surface area contributed by atoms with Crippen LogP contribution < -0.4 is 4.74 Å². The summed E-state index contributed by atoms with van der Waals surface area (Å²) in [6.07, 6.45) is 1.43. The molecule has 0 aliphatic carbocycles. The van der Waals surface area contributed by atoms with Gasteiger partial charge < -0.3 is 9.84 Å². The van der Waals surface area contributed by atoms with Gasteiger partial charge in [-0.05, 0) is 23.8 Å². The summed E-state index contributed by atoms with van der Waals surface area (Å²) in [6.45, 7) is 3.44. The lowest BCUT2D eigenvalue weighted by Crippen LogP contribution is -2.08. The Morgan fingerprint density at radius 3 is 2.63 bits per heavy atom. The molecule has 1 N–H and O–H groups in total. The van der Waals surface area contributed by atoms with E-state index in [4.69, 9.17) is 21.6 Å². The quantitative estimate of drug-likeness (QED) is 0.679. The number of benzene rings is 1. The molecule has 0 atom stereocenters. The Balaban J connectivity index is 3.28. The van der Waals surface area contributed by atoms with Gasteiger partial charge in [-0.15, -0.1) is 0 Å². The minimum atomic E-state index is -0.264. The van der Waals surface area contributed by atoms with E-state index in [0.29, 0.717) is 5.56 Å². The average Bonchev–Trinajstić information content (AvgIpc) is 2.38. The van der Waals surface area contributed by atoms with E-state index >= 15 is 0 Å². The van der Waals surface area contributed by atoms with E-state index < -0.39 is 0 Å². The molecule has 0 spiro atoms. The van der Waals surface area contributed by atoms with Crippen molar-refractivity contribution in [3.63, 3.8) is 0 Å². The Morgan fingerprint density at radius 2 is 2.16 bits per heavy atom. The van der Waals surface area contributed by atoms with E-state index in [9.17, 15) is 9.90 Å². The lowest BCUT2D eigenvalue weighted by Gasteiger charge is -2.07. The number of ether oxygens (including phenoxy) is 1. The standard InChI is InChI=1S/C14H14ClNO3/c1-8(2)13(17)10(7-16)4-9-5-11(15)14(18)12(6-9)19-3/h4-6,8,18H,1-3H3/b10-4-. The Morgan fingerprint density at radius 1 is 1.53 bits per heavy atom. The molecule has 4 nitrogen and oxygen atoms in total. The van der Waals surface area contributed by atoms with Crippen molar-refractivity contribution in [2.75, 3.05) is 7.11 Å². The number of carbonyl (C=O) groups excluding carboxylic acids is 1. The highest BCUT2D eigenvalue weighted by molar-refractivity contribution is 6.32. The molecule has 0 saturated carbocycles. The van der Waals surface area contributed by atoms with Crippen LogP contribution in [0.15, 0.2) is 17.7 Å². The Bertz CT molecular complexity index is 571. The molecule has 0 unspecified atom stereocenters. The topological polar surface area (TPSA) is 70.3 Å². The van der Waals surface area contributed by atoms with Crippen molar-refractivity contribution >= 4 is 23.5 Å². The van der Waals surface area contributed by atoms with Gasteiger partial charge in [0.15, 0.2) is 17.3 Å². The summed E-state index contributed by atoms with van der Waals surface area (Å²) in [5.74, 6) is -0.492. The number of ketones is 1. The van der Waals surface area contributed by atoms with Crippen LogP contribution in [-0.4, -0.2) is 18.0 Å². The van der Waals surface area contributed by atoms with Gasteiger partial charge in [-0.3, -0.25) is 4.79 Å². The van der Waals surface area contributed by atoms with E-state index in [1.807, 2.05) is 6.07 Å². The fourth-order valence-corrected chi connectivity index (χ4v) is 1.69. The van der Waals surface area contributed by atoms with Gasteiger partial charge in [-0.1, -0.05) is 25.4 Å². The van der Waals surface area contributed by atoms with Crippen LogP contribution in [0.1, 0.15) is 19.4 Å². The molecule has 0 radical (unpaired) electrons. The lowest BCUT2D eigenvalue weighted by atomic mass is 10.00. The van der Waals surface area contributed by atoms with Crippen molar-refractivity contribution in [2.24, 2.45) is 5.92 Å². The van der Waals surface area contributed by atoms with Gasteiger partial charge in [0.2, 0.25) is 0 Å². The van der Waals surface area contributed by atoms with E-state index in [2.05, 4.69) is 0 Å². The summed E-state index contributed by atoms with van der Waals surface area (Å²) < 4.78 is 4.96. The molecular weight excluding hydrogens is 266 g/mol. The minimum absolute atomic E-state index is 0.0406. The first-order chi connectivity index (χ1) is 8.90. The summed E-state index contributed by atoms with van der Waals surface area (Å²) in [5, 5.41) is 18.7. The minimum Gasteiger partial charge on any atom is -0.503 e. The predicted molar refractivity (Wildman–Crippen MR) is 73.1 cm³/mol. The molecule has 100 valence electrons. The number of halogens is 1. The molecule has 0 aliphatic heterocycles. The summed E-state index contributed by atoms with van der Waals surface area (Å²) in [4.78, 5) is 11.8. The second-order valence-electron chi connectivity index (χ2n) is 4.24. The first-order valence-electron chi connectivity index (χ1n) is 5.63. The van der Waals surface area contributed by atoms with Crippen molar-refractivity contribution in [3.05, 3.63) is 28.3 Å². The molecule has 19 heavy (non-hydrogen) atoms. The van der Waals surface area contributed by atoms with Crippen molar-refractivity contribution in [1.82, 2.24) is 0 Å². The zero-order valence-electron chi connectivity index (χ0n) is 10.9. The van der Waals surface area contributed by atoms with Crippen LogP contribution in [0.2, 0.25) is 5.02 Å². The molecule has 1 aromatic carbocycles. The molecule has 0 aromatic heterocycles. The number of phenolic OH excluding ortho intramolecular Hbond substituents is 1. The summed E-state index contributed by atoms with van der Waals surface area (Å²) >= 11 is 5.84. The third-order valence-corrected chi connectivity index (χ3v) is 2.78. The Labute approximate surface area is 116 Å². The smallest absolute Gasteiger partial charge is 0.176 e. The number of nitrogens with zero attached hydrogens (tertiary/aromatic N) is 1. The van der Waals surface area contributed by atoms with Gasteiger partial charge in [0.05, 0.1) is 17.7 Å². The van der Waals surface area contributed by atoms with Gasteiger partial charge in [0, 0.05) is 5.92 Å². The SMILES string of the molecule is COc1cc(/C=C(/C#N)C(=O)C(C)C)cc(Cl)c1O. The van der Waals surface area contributed by atoms with Crippen LogP contribution in [-0.2, 0) is 4.79 Å². The molecule has 0 heterocycles. The molecule has 0 fully saturated rings. The van der Waals surface area contributed by atoms with Crippen LogP contribution in [0.3, 0.4) is 0 Å². The first kappa shape index (κ1) is 15.1. The van der Waals surface area contributed by atoms with Gasteiger partial charge in [0.1, 0.15) is 6.07 Å². The number of phenols is 1. The zero-order chi connectivity index (χ0) is 14.6. The normalized spacial score (nSPS) is 11.3. The third-order valence-electron chi connectivity index (χ3n) is 2.49. The molecule has 0 bridgehead atoms. The maximum Gasteiger partial charge on any atom is 0.176 e. The van der Waals surface area contributed by atoms with Crippen LogP contribution in [0.25, 0.3) is 6.08 Å². The Kier molecular flexibility index (Phi) is 4.96. The van der Waals surface area contributed by atoms with Gasteiger partial charge in [-0.25, -0.2) is 0 Å². The van der Waals surface area contributed by atoms with Gasteiger partial charge in [0.25, 0.3) is 0 Å². The predicted octanol–water partition coefficient (Wildman–Crippen LogP) is 3.19. The van der Waals surface area contributed by atoms with Crippen LogP contribution in [0.5, 0.6) is 11.5 Å². The molecular formula is C14H14ClNO3. The van der Waals surface area contributed by atoms with Crippen molar-refractivity contribution in [2.45, 2.75) is 13.8 Å². The highest BCUT2D eigenvalue weighted by atomic mass is 35.5. The van der Waals surface area contributed by atoms with Crippen LogP contribution >= 0.6 is 11.6 Å². The maximum absolute atomic E-state index is 11.8. The molecule has 0 aliphatic rings. The second kappa shape index (κ2) is 6.26. The maximum atomic E-state index is 11.8. The fraction of sp³-hybridized carbons (Fsp3) is 0.286. The van der Waals surface area contributed by atoms with Crippen LogP contribution in [0.4, 0.5) is 0 Å². The van der Waals surface area contributed by atoms with Gasteiger partial charge in [-0.2, -0.15) is 5.26 Å². The summed E-state index contributed by atoms with van der Waals surface area (Å²) in [6, 6.07) is 4.84. The largest absolute Gasteiger partial charge is 0.503 e. The number of Topliss-reactive ketones (excluding diaryl/α,β-unsaturated/α-hetero) is 1. The number of carbonyl (C=O) groups is 1. The summed E-state index contributed by atoms with van der Waals surface area (Å²) in [5.41, 5.74) is 0.559. The van der Waals surface area contributed by atoms with Crippen molar-refractivity contribution in [1.29, 1.82) is 5.26 Å². The van der Waals surface area contributed by atoms with Gasteiger partial charge >= 0.3 is 0 Å². The van der Waals surface area contributed by atoms with Crippen molar-refractivity contribution < 1.29 is 14.6 Å². The average molecular weight is 280 g/mol. The van der Waals surface area contributed by atoms with E-state index in [0.717, 1.165) is 0 Å².